The average Bonchev–Trinajstić information content (AvgIpc) is 2.78. The molecule has 30 heavy (non-hydrogen) atoms. The molecule has 0 fully saturated rings. The molecule has 0 spiro atoms. The van der Waals surface area contributed by atoms with Crippen LogP contribution >= 0.6 is 0 Å². The van der Waals surface area contributed by atoms with Crippen LogP contribution in [-0.4, -0.2) is 27.9 Å². The Morgan fingerprint density at radius 3 is 2.13 bits per heavy atom. The van der Waals surface area contributed by atoms with E-state index in [0.29, 0.717) is 29.5 Å². The molecule has 5 heteroatoms. The molecule has 3 aromatic carbocycles. The van der Waals surface area contributed by atoms with Crippen LogP contribution in [0.25, 0.3) is 11.1 Å². The number of ether oxygens (including phenoxy) is 4. The van der Waals surface area contributed by atoms with Gasteiger partial charge in [-0.1, -0.05) is 37.3 Å². The first-order chi connectivity index (χ1) is 14.5. The van der Waals surface area contributed by atoms with Crippen LogP contribution < -0.4 is 24.7 Å². The van der Waals surface area contributed by atoms with Gasteiger partial charge in [-0.2, -0.15) is 0 Å². The van der Waals surface area contributed by atoms with Gasteiger partial charge < -0.3 is 24.7 Å². The Labute approximate surface area is 178 Å². The first kappa shape index (κ1) is 21.4. The van der Waals surface area contributed by atoms with Crippen molar-refractivity contribution in [1.82, 2.24) is 0 Å². The lowest BCUT2D eigenvalue weighted by Crippen LogP contribution is -2.01. The number of hydrogen-bond acceptors (Lipinski definition) is 5. The Morgan fingerprint density at radius 1 is 0.800 bits per heavy atom. The van der Waals surface area contributed by atoms with E-state index in [0.717, 1.165) is 22.4 Å². The number of methoxy groups -OCH3 is 3. The summed E-state index contributed by atoms with van der Waals surface area (Å²) in [6.45, 7) is 4.71. The lowest BCUT2D eigenvalue weighted by molar-refractivity contribution is 0.325. The highest BCUT2D eigenvalue weighted by Crippen LogP contribution is 2.44. The van der Waals surface area contributed by atoms with Crippen LogP contribution in [0.4, 0.5) is 5.69 Å². The normalized spacial score (nSPS) is 11.6. The third-order valence-corrected chi connectivity index (χ3v) is 5.24. The third-order valence-electron chi connectivity index (χ3n) is 5.24. The SMILES string of the molecule is CCOc1ccc(C(C)c2cccc(-c3ccc(OC)c(OC)c3OC)c2)cc1N. The van der Waals surface area contributed by atoms with Crippen LogP contribution in [0, 0.1) is 0 Å². The van der Waals surface area contributed by atoms with E-state index in [1.54, 1.807) is 21.3 Å². The highest BCUT2D eigenvalue weighted by atomic mass is 16.5. The Balaban J connectivity index is 2.00. The smallest absolute Gasteiger partial charge is 0.203 e. The molecule has 2 N–H and O–H groups in total. The van der Waals surface area contributed by atoms with Gasteiger partial charge in [-0.05, 0) is 47.9 Å². The first-order valence-electron chi connectivity index (χ1n) is 9.95. The predicted molar refractivity (Wildman–Crippen MR) is 121 cm³/mol. The minimum absolute atomic E-state index is 0.161. The molecule has 5 nitrogen and oxygen atoms in total. The fraction of sp³-hybridized carbons (Fsp3) is 0.280. The molecule has 0 aliphatic rings. The minimum atomic E-state index is 0.161. The standard InChI is InChI=1S/C25H29NO4/c1-6-30-22-12-10-18(15-21(22)26)16(2)17-8-7-9-19(14-17)20-11-13-23(27-3)25(29-5)24(20)28-4/h7-16H,6,26H2,1-5H3. The van der Waals surface area contributed by atoms with Crippen molar-refractivity contribution in [3.8, 4) is 34.1 Å². The summed E-state index contributed by atoms with van der Waals surface area (Å²) in [7, 11) is 4.86. The molecule has 0 saturated carbocycles. The van der Waals surface area contributed by atoms with Gasteiger partial charge in [0, 0.05) is 11.5 Å². The van der Waals surface area contributed by atoms with E-state index in [1.165, 1.54) is 5.56 Å². The second kappa shape index (κ2) is 9.44. The van der Waals surface area contributed by atoms with Gasteiger partial charge in [-0.3, -0.25) is 0 Å². The second-order valence-electron chi connectivity index (χ2n) is 6.96. The van der Waals surface area contributed by atoms with Crippen LogP contribution in [0.5, 0.6) is 23.0 Å². The third kappa shape index (κ3) is 4.15. The predicted octanol–water partition coefficient (Wildman–Crippen LogP) is 5.51. The zero-order valence-corrected chi connectivity index (χ0v) is 18.2. The fourth-order valence-corrected chi connectivity index (χ4v) is 3.62. The van der Waals surface area contributed by atoms with E-state index in [4.69, 9.17) is 24.7 Å². The molecule has 0 amide bonds. The maximum Gasteiger partial charge on any atom is 0.203 e. The van der Waals surface area contributed by atoms with Gasteiger partial charge >= 0.3 is 0 Å². The highest BCUT2D eigenvalue weighted by Gasteiger charge is 2.18. The van der Waals surface area contributed by atoms with E-state index in [9.17, 15) is 0 Å². The lowest BCUT2D eigenvalue weighted by Gasteiger charge is -2.18. The molecule has 0 aliphatic carbocycles. The molecule has 0 aromatic heterocycles. The van der Waals surface area contributed by atoms with E-state index in [-0.39, 0.29) is 5.92 Å². The van der Waals surface area contributed by atoms with Crippen molar-refractivity contribution < 1.29 is 18.9 Å². The van der Waals surface area contributed by atoms with Gasteiger partial charge in [0.25, 0.3) is 0 Å². The number of anilines is 1. The maximum absolute atomic E-state index is 6.17. The van der Waals surface area contributed by atoms with Crippen molar-refractivity contribution in [1.29, 1.82) is 0 Å². The Hall–Kier alpha value is -3.34. The summed E-state index contributed by atoms with van der Waals surface area (Å²) < 4.78 is 22.2. The Bertz CT molecular complexity index is 1020. The molecule has 0 saturated heterocycles. The Kier molecular flexibility index (Phi) is 6.72. The average molecular weight is 408 g/mol. The quantitative estimate of drug-likeness (QED) is 0.499. The van der Waals surface area contributed by atoms with Gasteiger partial charge in [0.1, 0.15) is 5.75 Å². The molecular weight excluding hydrogens is 378 g/mol. The lowest BCUT2D eigenvalue weighted by atomic mass is 9.90. The number of hydrogen-bond donors (Lipinski definition) is 1. The van der Waals surface area contributed by atoms with Gasteiger partial charge in [-0.15, -0.1) is 0 Å². The summed E-state index contributed by atoms with van der Waals surface area (Å²) >= 11 is 0. The molecular formula is C25H29NO4. The van der Waals surface area contributed by atoms with Crippen LogP contribution in [-0.2, 0) is 0 Å². The summed E-state index contributed by atoms with van der Waals surface area (Å²) in [5.41, 5.74) is 11.1. The first-order valence-corrected chi connectivity index (χ1v) is 9.95. The van der Waals surface area contributed by atoms with Gasteiger partial charge in [0.2, 0.25) is 5.75 Å². The van der Waals surface area contributed by atoms with Crippen molar-refractivity contribution in [3.05, 3.63) is 65.7 Å². The minimum Gasteiger partial charge on any atom is -0.493 e. The summed E-state index contributed by atoms with van der Waals surface area (Å²) in [5.74, 6) is 2.74. The molecule has 0 radical (unpaired) electrons. The zero-order chi connectivity index (χ0) is 21.7. The van der Waals surface area contributed by atoms with Crippen molar-refractivity contribution in [2.24, 2.45) is 0 Å². The highest BCUT2D eigenvalue weighted by molar-refractivity contribution is 5.77. The van der Waals surface area contributed by atoms with E-state index >= 15 is 0 Å². The summed E-state index contributed by atoms with van der Waals surface area (Å²) in [6.07, 6.45) is 0. The summed E-state index contributed by atoms with van der Waals surface area (Å²) in [4.78, 5) is 0. The van der Waals surface area contributed by atoms with Gasteiger partial charge in [0.05, 0.1) is 33.6 Å². The molecule has 3 rings (SSSR count). The zero-order valence-electron chi connectivity index (χ0n) is 18.2. The van der Waals surface area contributed by atoms with Gasteiger partial charge in [-0.25, -0.2) is 0 Å². The molecule has 0 aliphatic heterocycles. The largest absolute Gasteiger partial charge is 0.493 e. The monoisotopic (exact) mass is 407 g/mol. The topological polar surface area (TPSA) is 62.9 Å². The number of rotatable bonds is 8. The molecule has 3 aromatic rings. The summed E-state index contributed by atoms with van der Waals surface area (Å²) in [6, 6.07) is 18.3. The molecule has 1 unspecified atom stereocenters. The van der Waals surface area contributed by atoms with Crippen LogP contribution in [0.15, 0.2) is 54.6 Å². The van der Waals surface area contributed by atoms with Crippen LogP contribution in [0.2, 0.25) is 0 Å². The molecule has 158 valence electrons. The van der Waals surface area contributed by atoms with Crippen molar-refractivity contribution >= 4 is 5.69 Å². The fourth-order valence-electron chi connectivity index (χ4n) is 3.62. The molecule has 0 heterocycles. The second-order valence-corrected chi connectivity index (χ2v) is 6.96. The van der Waals surface area contributed by atoms with E-state index < -0.39 is 0 Å². The van der Waals surface area contributed by atoms with Crippen molar-refractivity contribution in [2.45, 2.75) is 19.8 Å². The van der Waals surface area contributed by atoms with Gasteiger partial charge in [0.15, 0.2) is 11.5 Å². The van der Waals surface area contributed by atoms with Crippen LogP contribution in [0.1, 0.15) is 30.9 Å². The van der Waals surface area contributed by atoms with Crippen molar-refractivity contribution in [2.75, 3.05) is 33.7 Å². The molecule has 0 bridgehead atoms. The molecule has 1 atom stereocenters. The number of benzene rings is 3. The van der Waals surface area contributed by atoms with E-state index in [1.807, 2.05) is 31.2 Å². The number of nitrogen functional groups attached to an aromatic ring is 1. The maximum atomic E-state index is 6.17. The van der Waals surface area contributed by atoms with Crippen LogP contribution in [0.3, 0.4) is 0 Å². The summed E-state index contributed by atoms with van der Waals surface area (Å²) in [5, 5.41) is 0. The van der Waals surface area contributed by atoms with Crippen molar-refractivity contribution in [3.63, 3.8) is 0 Å². The van der Waals surface area contributed by atoms with E-state index in [2.05, 4.69) is 37.3 Å². The number of nitrogens with two attached hydrogens (primary N) is 1. The Morgan fingerprint density at radius 2 is 1.50 bits per heavy atom.